The van der Waals surface area contributed by atoms with Gasteiger partial charge in [0.1, 0.15) is 24.1 Å². The van der Waals surface area contributed by atoms with E-state index in [1.165, 1.54) is 6.33 Å². The molecular formula is C15H22N6O4S. The third-order valence-corrected chi connectivity index (χ3v) is 5.02. The van der Waals surface area contributed by atoms with Crippen LogP contribution < -0.4 is 11.1 Å². The van der Waals surface area contributed by atoms with Crippen LogP contribution in [0.2, 0.25) is 0 Å². The van der Waals surface area contributed by atoms with Gasteiger partial charge >= 0.3 is 5.97 Å². The zero-order chi connectivity index (χ0) is 18.7. The Morgan fingerprint density at radius 3 is 3.08 bits per heavy atom. The standard InChI is InChI=1S/C15H22N6O4S/c1-26-3-2-8(15(23)24)17-5-10-9(22)4-11(25-10)21-7-20-12-13(16)18-6-19-14(12)21/h6-11,17,22H,2-5H2,1H3,(H,23,24)(H2,16,18,19)/t8-,9-,10+,11+/m0/s1. The molecule has 0 aliphatic carbocycles. The van der Waals surface area contributed by atoms with Crippen LogP contribution in [0, 0.1) is 0 Å². The molecule has 0 bridgehead atoms. The summed E-state index contributed by atoms with van der Waals surface area (Å²) in [7, 11) is 0. The predicted molar refractivity (Wildman–Crippen MR) is 96.7 cm³/mol. The molecule has 0 saturated carbocycles. The molecule has 0 spiro atoms. The minimum Gasteiger partial charge on any atom is -0.480 e. The zero-order valence-corrected chi connectivity index (χ0v) is 15.1. The van der Waals surface area contributed by atoms with E-state index in [0.717, 1.165) is 5.75 Å². The minimum atomic E-state index is -0.907. The Morgan fingerprint density at radius 1 is 1.54 bits per heavy atom. The van der Waals surface area contributed by atoms with Crippen LogP contribution in [0.25, 0.3) is 11.2 Å². The first-order chi connectivity index (χ1) is 12.5. The topological polar surface area (TPSA) is 148 Å². The quantitative estimate of drug-likeness (QED) is 0.486. The van der Waals surface area contributed by atoms with Crippen LogP contribution >= 0.6 is 11.8 Å². The highest BCUT2D eigenvalue weighted by atomic mass is 32.2. The lowest BCUT2D eigenvalue weighted by atomic mass is 10.1. The summed E-state index contributed by atoms with van der Waals surface area (Å²) in [5.74, 6) is 0.113. The van der Waals surface area contributed by atoms with Crippen molar-refractivity contribution < 1.29 is 19.7 Å². The number of imidazole rings is 1. The number of aliphatic carboxylic acids is 1. The largest absolute Gasteiger partial charge is 0.480 e. The molecule has 26 heavy (non-hydrogen) atoms. The molecule has 0 aromatic carbocycles. The zero-order valence-electron chi connectivity index (χ0n) is 14.3. The average Bonchev–Trinajstić information content (AvgIpc) is 3.19. The number of aromatic nitrogens is 4. The van der Waals surface area contributed by atoms with Crippen molar-refractivity contribution in [1.29, 1.82) is 0 Å². The molecular weight excluding hydrogens is 360 g/mol. The Kier molecular flexibility index (Phi) is 5.91. The van der Waals surface area contributed by atoms with Crippen molar-refractivity contribution in [3.63, 3.8) is 0 Å². The van der Waals surface area contributed by atoms with E-state index in [-0.39, 0.29) is 12.4 Å². The van der Waals surface area contributed by atoms with Crippen molar-refractivity contribution in [2.75, 3.05) is 24.3 Å². The second-order valence-corrected chi connectivity index (χ2v) is 7.08. The third kappa shape index (κ3) is 3.90. The van der Waals surface area contributed by atoms with Crippen LogP contribution in [0.15, 0.2) is 12.7 Å². The van der Waals surface area contributed by atoms with Gasteiger partial charge in [-0.15, -0.1) is 0 Å². The maximum Gasteiger partial charge on any atom is 0.320 e. The predicted octanol–water partition coefficient (Wildman–Crippen LogP) is -0.147. The number of ether oxygens (including phenoxy) is 1. The molecule has 5 N–H and O–H groups in total. The number of hydrogen-bond acceptors (Lipinski definition) is 9. The first-order valence-corrected chi connectivity index (χ1v) is 9.62. The van der Waals surface area contributed by atoms with Crippen LogP contribution in [0.4, 0.5) is 5.82 Å². The summed E-state index contributed by atoms with van der Waals surface area (Å²) >= 11 is 1.59. The summed E-state index contributed by atoms with van der Waals surface area (Å²) in [6, 6.07) is -0.668. The normalized spacial score (nSPS) is 24.2. The van der Waals surface area contributed by atoms with Crippen molar-refractivity contribution in [3.05, 3.63) is 12.7 Å². The van der Waals surface area contributed by atoms with Gasteiger partial charge in [-0.05, 0) is 18.4 Å². The van der Waals surface area contributed by atoms with Crippen molar-refractivity contribution >= 4 is 34.7 Å². The van der Waals surface area contributed by atoms with E-state index in [9.17, 15) is 15.0 Å². The molecule has 0 amide bonds. The average molecular weight is 382 g/mol. The van der Waals surface area contributed by atoms with Gasteiger partial charge < -0.3 is 26.0 Å². The van der Waals surface area contributed by atoms with E-state index in [1.54, 1.807) is 22.7 Å². The number of aliphatic hydroxyl groups excluding tert-OH is 1. The molecule has 1 saturated heterocycles. The number of anilines is 1. The van der Waals surface area contributed by atoms with E-state index in [0.29, 0.717) is 24.0 Å². The molecule has 1 aliphatic heterocycles. The number of nitrogen functional groups attached to an aromatic ring is 1. The number of aliphatic hydroxyl groups is 1. The summed E-state index contributed by atoms with van der Waals surface area (Å²) in [5, 5.41) is 22.5. The number of carboxylic acid groups (broad SMARTS) is 1. The highest BCUT2D eigenvalue weighted by Crippen LogP contribution is 2.31. The van der Waals surface area contributed by atoms with Crippen molar-refractivity contribution in [1.82, 2.24) is 24.8 Å². The number of nitrogens with one attached hydrogen (secondary N) is 1. The summed E-state index contributed by atoms with van der Waals surface area (Å²) in [6.45, 7) is 0.243. The molecule has 1 aliphatic rings. The van der Waals surface area contributed by atoms with Gasteiger partial charge in [0.05, 0.1) is 18.5 Å². The fourth-order valence-electron chi connectivity index (χ4n) is 2.96. The molecule has 1 fully saturated rings. The number of nitrogens with two attached hydrogens (primary N) is 1. The Bertz CT molecular complexity index is 772. The molecule has 3 heterocycles. The minimum absolute atomic E-state index is 0.243. The van der Waals surface area contributed by atoms with Crippen LogP contribution in [-0.4, -0.2) is 72.5 Å². The molecule has 11 heteroatoms. The number of hydrogen-bond donors (Lipinski definition) is 4. The van der Waals surface area contributed by atoms with Crippen LogP contribution in [0.3, 0.4) is 0 Å². The van der Waals surface area contributed by atoms with Gasteiger partial charge in [-0.2, -0.15) is 11.8 Å². The van der Waals surface area contributed by atoms with Crippen molar-refractivity contribution in [2.45, 2.75) is 37.3 Å². The molecule has 142 valence electrons. The molecule has 0 radical (unpaired) electrons. The molecule has 3 rings (SSSR count). The number of rotatable bonds is 8. The van der Waals surface area contributed by atoms with Gasteiger partial charge in [-0.25, -0.2) is 15.0 Å². The van der Waals surface area contributed by atoms with E-state index in [2.05, 4.69) is 20.3 Å². The summed E-state index contributed by atoms with van der Waals surface area (Å²) in [5.41, 5.74) is 6.80. The summed E-state index contributed by atoms with van der Waals surface area (Å²) in [4.78, 5) is 23.6. The molecule has 2 aromatic heterocycles. The fourth-order valence-corrected chi connectivity index (χ4v) is 3.43. The monoisotopic (exact) mass is 382 g/mol. The third-order valence-electron chi connectivity index (χ3n) is 4.38. The van der Waals surface area contributed by atoms with Crippen molar-refractivity contribution in [3.8, 4) is 0 Å². The smallest absolute Gasteiger partial charge is 0.320 e. The second-order valence-electron chi connectivity index (χ2n) is 6.10. The number of carbonyl (C=O) groups is 1. The number of nitrogens with zero attached hydrogens (tertiary/aromatic N) is 4. The van der Waals surface area contributed by atoms with E-state index in [4.69, 9.17) is 10.5 Å². The maximum atomic E-state index is 11.3. The lowest BCUT2D eigenvalue weighted by Gasteiger charge is -2.19. The number of carboxylic acids is 1. The summed E-state index contributed by atoms with van der Waals surface area (Å²) in [6.07, 6.45) is 4.00. The highest BCUT2D eigenvalue weighted by Gasteiger charge is 2.36. The lowest BCUT2D eigenvalue weighted by molar-refractivity contribution is -0.139. The van der Waals surface area contributed by atoms with Gasteiger partial charge in [0.15, 0.2) is 11.5 Å². The fraction of sp³-hybridized carbons (Fsp3) is 0.600. The van der Waals surface area contributed by atoms with Crippen LogP contribution in [0.1, 0.15) is 19.1 Å². The van der Waals surface area contributed by atoms with Crippen molar-refractivity contribution in [2.24, 2.45) is 0 Å². The molecule has 2 aromatic rings. The Morgan fingerprint density at radius 2 is 2.35 bits per heavy atom. The SMILES string of the molecule is CSCC[C@H](NC[C@H]1O[C@@H](n2cnc3c(N)ncnc32)C[C@@H]1O)C(=O)O. The van der Waals surface area contributed by atoms with E-state index in [1.807, 2.05) is 6.26 Å². The Labute approximate surface area is 154 Å². The first-order valence-electron chi connectivity index (χ1n) is 8.23. The second kappa shape index (κ2) is 8.16. The highest BCUT2D eigenvalue weighted by molar-refractivity contribution is 7.98. The van der Waals surface area contributed by atoms with E-state index >= 15 is 0 Å². The maximum absolute atomic E-state index is 11.3. The first kappa shape index (κ1) is 18.8. The van der Waals surface area contributed by atoms with Crippen LogP contribution in [-0.2, 0) is 9.53 Å². The molecule has 4 atom stereocenters. The Balaban J connectivity index is 1.65. The van der Waals surface area contributed by atoms with Crippen LogP contribution in [0.5, 0.6) is 0 Å². The summed E-state index contributed by atoms with van der Waals surface area (Å²) < 4.78 is 7.62. The Hall–Kier alpha value is -1.95. The van der Waals surface area contributed by atoms with Gasteiger partial charge in [0, 0.05) is 13.0 Å². The molecule has 10 nitrogen and oxygen atoms in total. The molecule has 0 unspecified atom stereocenters. The van der Waals surface area contributed by atoms with Gasteiger partial charge in [0.25, 0.3) is 0 Å². The van der Waals surface area contributed by atoms with Gasteiger partial charge in [-0.3, -0.25) is 9.36 Å². The number of fused-ring (bicyclic) bond motifs is 1. The van der Waals surface area contributed by atoms with Gasteiger partial charge in [-0.1, -0.05) is 0 Å². The van der Waals surface area contributed by atoms with E-state index < -0.39 is 30.4 Å². The van der Waals surface area contributed by atoms with Gasteiger partial charge in [0.2, 0.25) is 0 Å². The lowest BCUT2D eigenvalue weighted by Crippen LogP contribution is -2.43. The number of thioether (sulfide) groups is 1.